The van der Waals surface area contributed by atoms with E-state index in [-0.39, 0.29) is 10.6 Å². The van der Waals surface area contributed by atoms with Gasteiger partial charge in [-0.2, -0.15) is 0 Å². The molecule has 0 aliphatic heterocycles. The molecule has 0 saturated carbocycles. The van der Waals surface area contributed by atoms with Gasteiger partial charge in [0.05, 0.1) is 5.69 Å². The van der Waals surface area contributed by atoms with Crippen molar-refractivity contribution in [3.8, 4) is 0 Å². The van der Waals surface area contributed by atoms with E-state index in [1.165, 1.54) is 6.07 Å². The van der Waals surface area contributed by atoms with Crippen LogP contribution in [0.15, 0.2) is 81.2 Å². The third kappa shape index (κ3) is 4.83. The molecule has 0 aromatic heterocycles. The molecule has 28 heavy (non-hydrogen) atoms. The molecule has 3 aromatic carbocycles. The van der Waals surface area contributed by atoms with E-state index in [0.717, 1.165) is 10.0 Å². The number of sulfonamides is 1. The summed E-state index contributed by atoms with van der Waals surface area (Å²) >= 11 is 3.37. The van der Waals surface area contributed by atoms with Crippen LogP contribution >= 0.6 is 15.9 Å². The standard InChI is InChI=1S/C19H16BrN5O2S/c1-13-2-6-16(7-3-13)24-28(26,27)19-12-17(23-25-21)10-11-18(19)22-15-8-4-14(20)5-9-15/h2-12,22,24H,1H3. The molecule has 142 valence electrons. The summed E-state index contributed by atoms with van der Waals surface area (Å²) in [6, 6.07) is 18.8. The van der Waals surface area contributed by atoms with Crippen molar-refractivity contribution in [3.63, 3.8) is 0 Å². The van der Waals surface area contributed by atoms with E-state index >= 15 is 0 Å². The number of hydrogen-bond donors (Lipinski definition) is 2. The lowest BCUT2D eigenvalue weighted by atomic mass is 10.2. The second-order valence-corrected chi connectivity index (χ2v) is 8.54. The molecule has 0 amide bonds. The van der Waals surface area contributed by atoms with Gasteiger partial charge in [-0.1, -0.05) is 44.8 Å². The average Bonchev–Trinajstić information content (AvgIpc) is 2.66. The molecule has 0 radical (unpaired) electrons. The number of aryl methyl sites for hydroxylation is 1. The van der Waals surface area contributed by atoms with Crippen molar-refractivity contribution < 1.29 is 8.42 Å². The molecule has 0 unspecified atom stereocenters. The minimum Gasteiger partial charge on any atom is -0.354 e. The highest BCUT2D eigenvalue weighted by atomic mass is 79.9. The van der Waals surface area contributed by atoms with Crippen LogP contribution in [0.1, 0.15) is 5.56 Å². The van der Waals surface area contributed by atoms with Crippen LogP contribution < -0.4 is 10.0 Å². The molecule has 0 aliphatic carbocycles. The van der Waals surface area contributed by atoms with E-state index in [9.17, 15) is 8.42 Å². The van der Waals surface area contributed by atoms with Crippen molar-refractivity contribution >= 4 is 48.7 Å². The van der Waals surface area contributed by atoms with E-state index in [4.69, 9.17) is 5.53 Å². The van der Waals surface area contributed by atoms with Gasteiger partial charge in [-0.25, -0.2) is 8.42 Å². The second-order valence-electron chi connectivity index (χ2n) is 5.97. The number of anilines is 3. The third-order valence-corrected chi connectivity index (χ3v) is 5.79. The van der Waals surface area contributed by atoms with Crippen LogP contribution in [0, 0.1) is 6.92 Å². The lowest BCUT2D eigenvalue weighted by Crippen LogP contribution is -2.14. The number of nitrogens with zero attached hydrogens (tertiary/aromatic N) is 3. The summed E-state index contributed by atoms with van der Waals surface area (Å²) in [7, 11) is -3.93. The molecule has 7 nitrogen and oxygen atoms in total. The third-order valence-electron chi connectivity index (χ3n) is 3.84. The average molecular weight is 458 g/mol. The first-order valence-corrected chi connectivity index (χ1v) is 10.5. The molecule has 3 rings (SSSR count). The Labute approximate surface area is 171 Å². The van der Waals surface area contributed by atoms with Gasteiger partial charge < -0.3 is 5.32 Å². The Balaban J connectivity index is 2.02. The topological polar surface area (TPSA) is 107 Å². The number of azide groups is 1. The molecule has 2 N–H and O–H groups in total. The summed E-state index contributed by atoms with van der Waals surface area (Å²) < 4.78 is 29.5. The largest absolute Gasteiger partial charge is 0.354 e. The summed E-state index contributed by atoms with van der Waals surface area (Å²) in [5.41, 5.74) is 11.4. The van der Waals surface area contributed by atoms with Gasteiger partial charge in [0, 0.05) is 26.4 Å². The van der Waals surface area contributed by atoms with E-state index in [1.807, 2.05) is 43.3 Å². The smallest absolute Gasteiger partial charge is 0.263 e. The van der Waals surface area contributed by atoms with Crippen molar-refractivity contribution in [2.24, 2.45) is 5.11 Å². The quantitative estimate of drug-likeness (QED) is 0.259. The Morgan fingerprint density at radius 3 is 2.25 bits per heavy atom. The molecular weight excluding hydrogens is 442 g/mol. The SMILES string of the molecule is Cc1ccc(NS(=O)(=O)c2cc(N=[N+]=[N-])ccc2Nc2ccc(Br)cc2)cc1. The van der Waals surface area contributed by atoms with Gasteiger partial charge in [-0.15, -0.1) is 0 Å². The molecule has 0 saturated heterocycles. The minimum atomic E-state index is -3.93. The number of nitrogens with one attached hydrogen (secondary N) is 2. The van der Waals surface area contributed by atoms with Gasteiger partial charge >= 0.3 is 0 Å². The summed E-state index contributed by atoms with van der Waals surface area (Å²) in [4.78, 5) is 2.70. The molecule has 0 fully saturated rings. The van der Waals surface area contributed by atoms with Gasteiger partial charge in [0.1, 0.15) is 4.90 Å². The number of benzene rings is 3. The normalized spacial score (nSPS) is 10.8. The molecule has 0 atom stereocenters. The summed E-state index contributed by atoms with van der Waals surface area (Å²) in [5, 5.41) is 6.61. The summed E-state index contributed by atoms with van der Waals surface area (Å²) in [6.07, 6.45) is 0. The van der Waals surface area contributed by atoms with Crippen molar-refractivity contribution in [1.29, 1.82) is 0 Å². The van der Waals surface area contributed by atoms with Gasteiger partial charge in [-0.3, -0.25) is 4.72 Å². The van der Waals surface area contributed by atoms with Crippen molar-refractivity contribution in [2.75, 3.05) is 10.0 Å². The van der Waals surface area contributed by atoms with Crippen LogP contribution in [0.5, 0.6) is 0 Å². The van der Waals surface area contributed by atoms with Crippen LogP contribution in [-0.2, 0) is 10.0 Å². The molecule has 0 heterocycles. The van der Waals surface area contributed by atoms with Gasteiger partial charge in [0.15, 0.2) is 0 Å². The molecule has 9 heteroatoms. The highest BCUT2D eigenvalue weighted by molar-refractivity contribution is 9.10. The van der Waals surface area contributed by atoms with Gasteiger partial charge in [0.25, 0.3) is 10.0 Å². The zero-order valence-electron chi connectivity index (χ0n) is 14.8. The highest BCUT2D eigenvalue weighted by Crippen LogP contribution is 2.31. The molecule has 0 bridgehead atoms. The van der Waals surface area contributed by atoms with Crippen molar-refractivity contribution in [3.05, 3.63) is 87.2 Å². The van der Waals surface area contributed by atoms with Crippen molar-refractivity contribution in [2.45, 2.75) is 11.8 Å². The van der Waals surface area contributed by atoms with Crippen molar-refractivity contribution in [1.82, 2.24) is 0 Å². The Kier molecular flexibility index (Phi) is 5.89. The number of rotatable bonds is 6. The Hall–Kier alpha value is -3.00. The number of halogens is 1. The number of hydrogen-bond acceptors (Lipinski definition) is 4. The van der Waals surface area contributed by atoms with E-state index in [1.54, 1.807) is 24.3 Å². The molecule has 0 aliphatic rings. The summed E-state index contributed by atoms with van der Waals surface area (Å²) in [6.45, 7) is 1.92. The molecule has 0 spiro atoms. The minimum absolute atomic E-state index is 0.0270. The van der Waals surface area contributed by atoms with Gasteiger partial charge in [-0.05, 0) is 61.0 Å². The monoisotopic (exact) mass is 457 g/mol. The van der Waals surface area contributed by atoms with Crippen LogP contribution in [-0.4, -0.2) is 8.42 Å². The predicted molar refractivity (Wildman–Crippen MR) is 115 cm³/mol. The Bertz CT molecular complexity index is 1140. The summed E-state index contributed by atoms with van der Waals surface area (Å²) in [5.74, 6) is 0. The van der Waals surface area contributed by atoms with Crippen LogP contribution in [0.25, 0.3) is 10.4 Å². The van der Waals surface area contributed by atoms with E-state index < -0.39 is 10.0 Å². The van der Waals surface area contributed by atoms with Crippen LogP contribution in [0.2, 0.25) is 0 Å². The van der Waals surface area contributed by atoms with E-state index in [2.05, 4.69) is 36.0 Å². The Morgan fingerprint density at radius 2 is 1.61 bits per heavy atom. The fraction of sp³-hybridized carbons (Fsp3) is 0.0526. The highest BCUT2D eigenvalue weighted by Gasteiger charge is 2.20. The first kappa shape index (κ1) is 19.8. The zero-order chi connectivity index (χ0) is 20.1. The molecule has 3 aromatic rings. The van der Waals surface area contributed by atoms with E-state index in [0.29, 0.717) is 17.1 Å². The fourth-order valence-electron chi connectivity index (χ4n) is 2.47. The fourth-order valence-corrected chi connectivity index (χ4v) is 3.98. The second kappa shape index (κ2) is 8.35. The lowest BCUT2D eigenvalue weighted by molar-refractivity contribution is 0.601. The maximum Gasteiger partial charge on any atom is 0.263 e. The van der Waals surface area contributed by atoms with Crippen LogP contribution in [0.3, 0.4) is 0 Å². The first-order valence-electron chi connectivity index (χ1n) is 8.18. The van der Waals surface area contributed by atoms with Gasteiger partial charge in [0.2, 0.25) is 0 Å². The first-order chi connectivity index (χ1) is 13.4. The zero-order valence-corrected chi connectivity index (χ0v) is 17.2. The predicted octanol–water partition coefficient (Wildman–Crippen LogP) is 6.24. The van der Waals surface area contributed by atoms with Crippen LogP contribution in [0.4, 0.5) is 22.7 Å². The molecular formula is C19H16BrN5O2S. The lowest BCUT2D eigenvalue weighted by Gasteiger charge is -2.15. The Morgan fingerprint density at radius 1 is 0.964 bits per heavy atom. The maximum atomic E-state index is 13.0. The maximum absolute atomic E-state index is 13.0.